The van der Waals surface area contributed by atoms with Gasteiger partial charge in [0.15, 0.2) is 4.90 Å². The molecule has 0 fully saturated rings. The molecule has 1 unspecified atom stereocenters. The molecule has 4 nitrogen and oxygen atoms in total. The van der Waals surface area contributed by atoms with Crippen LogP contribution in [-0.4, -0.2) is 20.1 Å². The van der Waals surface area contributed by atoms with Gasteiger partial charge < -0.3 is 4.55 Å². The maximum absolute atomic E-state index is 13.8. The zero-order valence-corrected chi connectivity index (χ0v) is 14.5. The molecule has 0 aliphatic carbocycles. The minimum Gasteiger partial charge on any atom is -0.611 e. The van der Waals surface area contributed by atoms with Crippen LogP contribution in [-0.2, 0) is 17.6 Å². The van der Waals surface area contributed by atoms with Crippen LogP contribution < -0.4 is 5.56 Å². The lowest BCUT2D eigenvalue weighted by Gasteiger charge is -2.11. The number of fused-ring (bicyclic) bond motifs is 3. The molecule has 0 N–H and O–H groups in total. The zero-order valence-electron chi connectivity index (χ0n) is 12.9. The molecule has 2 heterocycles. The van der Waals surface area contributed by atoms with E-state index in [0.717, 1.165) is 0 Å². The van der Waals surface area contributed by atoms with Gasteiger partial charge in [-0.2, -0.15) is 9.78 Å². The Morgan fingerprint density at radius 1 is 1.16 bits per heavy atom. The van der Waals surface area contributed by atoms with Crippen molar-refractivity contribution in [3.63, 3.8) is 0 Å². The second kappa shape index (κ2) is 6.29. The van der Waals surface area contributed by atoms with Crippen molar-refractivity contribution in [3.05, 3.63) is 75.3 Å². The highest BCUT2D eigenvalue weighted by molar-refractivity contribution is 7.91. The fourth-order valence-electron chi connectivity index (χ4n) is 2.88. The highest BCUT2D eigenvalue weighted by atomic mass is 35.5. The average Bonchev–Trinajstić information content (AvgIpc) is 2.72. The normalized spacial score (nSPS) is 16.0. The number of hydrogen-bond donors (Lipinski definition) is 0. The first-order valence-electron chi connectivity index (χ1n) is 7.60. The summed E-state index contributed by atoms with van der Waals surface area (Å²) in [6.07, 6.45) is 0.446. The van der Waals surface area contributed by atoms with Crippen molar-refractivity contribution in [3.8, 4) is 16.9 Å². The Morgan fingerprint density at radius 2 is 1.92 bits per heavy atom. The zero-order chi connectivity index (χ0) is 17.6. The fourth-order valence-corrected chi connectivity index (χ4v) is 4.25. The monoisotopic (exact) mass is 374 g/mol. The van der Waals surface area contributed by atoms with Gasteiger partial charge >= 0.3 is 0 Å². The van der Waals surface area contributed by atoms with Crippen LogP contribution in [0.15, 0.2) is 58.2 Å². The van der Waals surface area contributed by atoms with Crippen LogP contribution in [0.4, 0.5) is 4.39 Å². The molecular formula is C18H12ClFN2O2S. The molecule has 0 saturated carbocycles. The second-order valence-electron chi connectivity index (χ2n) is 5.68. The van der Waals surface area contributed by atoms with Gasteiger partial charge in [-0.3, -0.25) is 4.79 Å². The predicted molar refractivity (Wildman–Crippen MR) is 95.2 cm³/mol. The van der Waals surface area contributed by atoms with Crippen LogP contribution in [0.5, 0.6) is 0 Å². The van der Waals surface area contributed by atoms with Crippen LogP contribution in [0.25, 0.3) is 16.9 Å². The molecule has 1 aliphatic rings. The van der Waals surface area contributed by atoms with Gasteiger partial charge in [0.25, 0.3) is 5.56 Å². The van der Waals surface area contributed by atoms with E-state index in [1.807, 2.05) is 0 Å². The van der Waals surface area contributed by atoms with Crippen molar-refractivity contribution < 1.29 is 8.94 Å². The molecule has 25 heavy (non-hydrogen) atoms. The van der Waals surface area contributed by atoms with Gasteiger partial charge in [0.2, 0.25) is 0 Å². The van der Waals surface area contributed by atoms with E-state index < -0.39 is 17.0 Å². The van der Waals surface area contributed by atoms with Gasteiger partial charge in [0, 0.05) is 17.5 Å². The second-order valence-corrected chi connectivity index (χ2v) is 7.66. The first kappa shape index (κ1) is 16.3. The summed E-state index contributed by atoms with van der Waals surface area (Å²) in [6, 6.07) is 12.3. The van der Waals surface area contributed by atoms with Crippen molar-refractivity contribution in [1.29, 1.82) is 0 Å². The lowest BCUT2D eigenvalue weighted by atomic mass is 10.0. The minimum absolute atomic E-state index is 0.299. The van der Waals surface area contributed by atoms with Crippen molar-refractivity contribution in [1.82, 2.24) is 9.78 Å². The summed E-state index contributed by atoms with van der Waals surface area (Å²) in [4.78, 5) is 13.0. The van der Waals surface area contributed by atoms with Gasteiger partial charge in [0.05, 0.1) is 11.3 Å². The molecule has 2 aromatic carbocycles. The van der Waals surface area contributed by atoms with Gasteiger partial charge in [0.1, 0.15) is 17.3 Å². The summed E-state index contributed by atoms with van der Waals surface area (Å²) in [6.45, 7) is 0. The highest BCUT2D eigenvalue weighted by Crippen LogP contribution is 2.33. The predicted octanol–water partition coefficient (Wildman–Crippen LogP) is 3.36. The van der Waals surface area contributed by atoms with Crippen molar-refractivity contribution in [2.24, 2.45) is 0 Å². The topological polar surface area (TPSA) is 58.0 Å². The Hall–Kier alpha value is -2.15. The van der Waals surface area contributed by atoms with Crippen LogP contribution in [0, 0.1) is 5.82 Å². The molecule has 126 valence electrons. The molecule has 0 radical (unpaired) electrons. The molecule has 1 aliphatic heterocycles. The van der Waals surface area contributed by atoms with Crippen LogP contribution in [0.3, 0.4) is 0 Å². The SMILES string of the molecule is O=c1cc2c(nn1-c1ccc(Cl)cc1)-c1cc(F)ccc1[S+]([O-])CC2. The van der Waals surface area contributed by atoms with E-state index in [0.29, 0.717) is 44.6 Å². The standard InChI is InChI=1S/C18H12ClFN2O2S/c19-12-1-4-14(5-2-12)22-17(23)9-11-7-8-25(24)16-6-3-13(20)10-15(16)18(11)21-22/h1-6,9-10H,7-8H2. The number of nitrogens with zero attached hydrogens (tertiary/aromatic N) is 2. The molecule has 4 rings (SSSR count). The molecular weight excluding hydrogens is 363 g/mol. The first-order chi connectivity index (χ1) is 12.0. The number of aryl methyl sites for hydroxylation is 1. The fraction of sp³-hybridized carbons (Fsp3) is 0.111. The van der Waals surface area contributed by atoms with Gasteiger partial charge in [-0.1, -0.05) is 11.6 Å². The van der Waals surface area contributed by atoms with E-state index in [1.54, 1.807) is 24.3 Å². The van der Waals surface area contributed by atoms with Crippen LogP contribution >= 0.6 is 11.6 Å². The summed E-state index contributed by atoms with van der Waals surface area (Å²) in [5, 5.41) is 5.00. The third-order valence-corrected chi connectivity index (χ3v) is 5.75. The number of rotatable bonds is 1. The van der Waals surface area contributed by atoms with E-state index in [1.165, 1.54) is 28.9 Å². The number of benzene rings is 2. The maximum atomic E-state index is 13.8. The average molecular weight is 375 g/mol. The highest BCUT2D eigenvalue weighted by Gasteiger charge is 2.26. The molecule has 0 bridgehead atoms. The lowest BCUT2D eigenvalue weighted by molar-refractivity contribution is 0.594. The number of aromatic nitrogens is 2. The Balaban J connectivity index is 1.97. The molecule has 7 heteroatoms. The van der Waals surface area contributed by atoms with E-state index in [9.17, 15) is 13.7 Å². The molecule has 0 spiro atoms. The summed E-state index contributed by atoms with van der Waals surface area (Å²) < 4.78 is 27.5. The van der Waals surface area contributed by atoms with Crippen molar-refractivity contribution >= 4 is 22.8 Å². The summed E-state index contributed by atoms with van der Waals surface area (Å²) >= 11 is 4.63. The Bertz CT molecular complexity index is 1020. The summed E-state index contributed by atoms with van der Waals surface area (Å²) in [7, 11) is 0. The smallest absolute Gasteiger partial charge is 0.271 e. The Labute approximate surface area is 151 Å². The van der Waals surface area contributed by atoms with Crippen molar-refractivity contribution in [2.75, 3.05) is 5.75 Å². The first-order valence-corrected chi connectivity index (χ1v) is 9.30. The third kappa shape index (κ3) is 2.97. The molecule has 0 amide bonds. The van der Waals surface area contributed by atoms with Crippen molar-refractivity contribution in [2.45, 2.75) is 11.3 Å². The van der Waals surface area contributed by atoms with Gasteiger partial charge in [-0.15, -0.1) is 0 Å². The quantitative estimate of drug-likeness (QED) is 0.614. The Morgan fingerprint density at radius 3 is 2.68 bits per heavy atom. The summed E-state index contributed by atoms with van der Waals surface area (Å²) in [5.41, 5.74) is 1.88. The number of halogens is 2. The van der Waals surface area contributed by atoms with Crippen LogP contribution in [0.2, 0.25) is 5.02 Å². The van der Waals surface area contributed by atoms with E-state index in [2.05, 4.69) is 5.10 Å². The van der Waals surface area contributed by atoms with E-state index >= 15 is 0 Å². The van der Waals surface area contributed by atoms with Crippen LogP contribution in [0.1, 0.15) is 5.56 Å². The van der Waals surface area contributed by atoms with E-state index in [4.69, 9.17) is 11.6 Å². The lowest BCUT2D eigenvalue weighted by Crippen LogP contribution is -2.22. The maximum Gasteiger partial charge on any atom is 0.271 e. The molecule has 1 aromatic heterocycles. The molecule has 1 atom stereocenters. The largest absolute Gasteiger partial charge is 0.611 e. The Kier molecular flexibility index (Phi) is 4.11. The van der Waals surface area contributed by atoms with E-state index in [-0.39, 0.29) is 5.56 Å². The molecule has 0 saturated heterocycles. The van der Waals surface area contributed by atoms with Gasteiger partial charge in [-0.25, -0.2) is 4.39 Å². The van der Waals surface area contributed by atoms with Gasteiger partial charge in [-0.05, 0) is 59.2 Å². The molecule has 3 aromatic rings. The third-order valence-electron chi connectivity index (χ3n) is 4.08. The summed E-state index contributed by atoms with van der Waals surface area (Å²) in [5.74, 6) is -0.0628. The number of hydrogen-bond acceptors (Lipinski definition) is 3. The minimum atomic E-state index is -1.26.